The lowest BCUT2D eigenvalue weighted by Crippen LogP contribution is -2.08. The standard InChI is InChI=1S/C12H18N4O2/c1-4-8(2)12-14-11(18-15-12)7-10(17)9-5-6-13-16(9)3/h5-6,8,10,17H,4,7H2,1-3H3. The van der Waals surface area contributed by atoms with E-state index < -0.39 is 6.10 Å². The number of nitrogens with zero attached hydrogens (tertiary/aromatic N) is 4. The number of aliphatic hydroxyl groups excluding tert-OH is 1. The average molecular weight is 250 g/mol. The maximum Gasteiger partial charge on any atom is 0.229 e. The predicted molar refractivity (Wildman–Crippen MR) is 64.9 cm³/mol. The van der Waals surface area contributed by atoms with E-state index in [1.165, 1.54) is 0 Å². The van der Waals surface area contributed by atoms with Gasteiger partial charge >= 0.3 is 0 Å². The van der Waals surface area contributed by atoms with E-state index >= 15 is 0 Å². The number of aliphatic hydroxyl groups is 1. The predicted octanol–water partition coefficient (Wildman–Crippen LogP) is 1.59. The zero-order chi connectivity index (χ0) is 13.1. The van der Waals surface area contributed by atoms with Crippen LogP contribution in [-0.4, -0.2) is 25.0 Å². The fourth-order valence-corrected chi connectivity index (χ4v) is 1.71. The molecule has 0 radical (unpaired) electrons. The lowest BCUT2D eigenvalue weighted by molar-refractivity contribution is 0.155. The Hall–Kier alpha value is -1.69. The Morgan fingerprint density at radius 3 is 2.89 bits per heavy atom. The summed E-state index contributed by atoms with van der Waals surface area (Å²) in [5.74, 6) is 1.43. The van der Waals surface area contributed by atoms with Crippen LogP contribution in [0, 0.1) is 0 Å². The van der Waals surface area contributed by atoms with Crippen LogP contribution in [-0.2, 0) is 13.5 Å². The first kappa shape index (κ1) is 12.8. The molecule has 0 aliphatic heterocycles. The van der Waals surface area contributed by atoms with Crippen LogP contribution in [0.1, 0.15) is 49.7 Å². The van der Waals surface area contributed by atoms with Gasteiger partial charge in [0.2, 0.25) is 5.89 Å². The van der Waals surface area contributed by atoms with Crippen molar-refractivity contribution in [3.8, 4) is 0 Å². The molecule has 98 valence electrons. The van der Waals surface area contributed by atoms with Crippen molar-refractivity contribution in [2.45, 2.75) is 38.7 Å². The number of aromatic nitrogens is 4. The molecule has 0 saturated heterocycles. The molecule has 0 saturated carbocycles. The first-order valence-corrected chi connectivity index (χ1v) is 6.10. The van der Waals surface area contributed by atoms with E-state index in [4.69, 9.17) is 4.52 Å². The highest BCUT2D eigenvalue weighted by Gasteiger charge is 2.18. The smallest absolute Gasteiger partial charge is 0.229 e. The summed E-state index contributed by atoms with van der Waals surface area (Å²) in [5.41, 5.74) is 0.735. The summed E-state index contributed by atoms with van der Waals surface area (Å²) in [6, 6.07) is 1.77. The molecule has 0 fully saturated rings. The average Bonchev–Trinajstić information content (AvgIpc) is 2.97. The molecule has 0 aliphatic carbocycles. The van der Waals surface area contributed by atoms with Crippen LogP contribution in [0.15, 0.2) is 16.8 Å². The van der Waals surface area contributed by atoms with Crippen molar-refractivity contribution in [1.82, 2.24) is 19.9 Å². The van der Waals surface area contributed by atoms with Gasteiger partial charge in [-0.2, -0.15) is 10.1 Å². The molecule has 6 nitrogen and oxygen atoms in total. The highest BCUT2D eigenvalue weighted by molar-refractivity contribution is 5.06. The molecule has 2 heterocycles. The molecule has 2 atom stereocenters. The van der Waals surface area contributed by atoms with Gasteiger partial charge < -0.3 is 9.63 Å². The molecule has 0 spiro atoms. The van der Waals surface area contributed by atoms with E-state index in [0.717, 1.165) is 12.1 Å². The minimum atomic E-state index is -0.678. The third-order valence-electron chi connectivity index (χ3n) is 3.11. The van der Waals surface area contributed by atoms with Gasteiger partial charge in [0, 0.05) is 19.2 Å². The van der Waals surface area contributed by atoms with Gasteiger partial charge in [0.25, 0.3) is 0 Å². The molecule has 0 amide bonds. The number of rotatable bonds is 5. The molecule has 2 rings (SSSR count). The van der Waals surface area contributed by atoms with Crippen molar-refractivity contribution in [2.75, 3.05) is 0 Å². The van der Waals surface area contributed by atoms with Gasteiger partial charge in [-0.1, -0.05) is 19.0 Å². The Morgan fingerprint density at radius 1 is 1.50 bits per heavy atom. The Kier molecular flexibility index (Phi) is 3.76. The Labute approximate surface area is 106 Å². The maximum atomic E-state index is 10.1. The van der Waals surface area contributed by atoms with E-state index in [9.17, 15) is 5.11 Å². The molecular weight excluding hydrogens is 232 g/mol. The lowest BCUT2D eigenvalue weighted by Gasteiger charge is -2.07. The van der Waals surface area contributed by atoms with Gasteiger partial charge in [0.05, 0.1) is 12.1 Å². The fourth-order valence-electron chi connectivity index (χ4n) is 1.71. The fraction of sp³-hybridized carbons (Fsp3) is 0.583. The second kappa shape index (κ2) is 5.30. The van der Waals surface area contributed by atoms with E-state index in [-0.39, 0.29) is 5.92 Å². The summed E-state index contributed by atoms with van der Waals surface area (Å²) in [6.07, 6.45) is 2.24. The van der Waals surface area contributed by atoms with Gasteiger partial charge in [0.15, 0.2) is 5.82 Å². The van der Waals surface area contributed by atoms with Crippen molar-refractivity contribution in [3.63, 3.8) is 0 Å². The summed E-state index contributed by atoms with van der Waals surface area (Å²) in [6.45, 7) is 4.12. The van der Waals surface area contributed by atoms with E-state index in [0.29, 0.717) is 18.1 Å². The van der Waals surface area contributed by atoms with Gasteiger partial charge in [0.1, 0.15) is 6.10 Å². The minimum Gasteiger partial charge on any atom is -0.386 e. The van der Waals surface area contributed by atoms with E-state index in [1.807, 2.05) is 6.92 Å². The molecule has 6 heteroatoms. The van der Waals surface area contributed by atoms with Gasteiger partial charge in [-0.3, -0.25) is 4.68 Å². The zero-order valence-electron chi connectivity index (χ0n) is 10.9. The highest BCUT2D eigenvalue weighted by Crippen LogP contribution is 2.19. The molecule has 1 N–H and O–H groups in total. The summed E-state index contributed by atoms with van der Waals surface area (Å²) < 4.78 is 6.78. The normalized spacial score (nSPS) is 14.7. The van der Waals surface area contributed by atoms with Crippen LogP contribution in [0.3, 0.4) is 0 Å². The van der Waals surface area contributed by atoms with Crippen LogP contribution in [0.4, 0.5) is 0 Å². The highest BCUT2D eigenvalue weighted by atomic mass is 16.5. The van der Waals surface area contributed by atoms with Crippen molar-refractivity contribution in [1.29, 1.82) is 0 Å². The van der Waals surface area contributed by atoms with Gasteiger partial charge in [-0.15, -0.1) is 0 Å². The quantitative estimate of drug-likeness (QED) is 0.872. The zero-order valence-corrected chi connectivity index (χ0v) is 10.9. The molecule has 2 unspecified atom stereocenters. The number of aryl methyl sites for hydroxylation is 1. The number of hydrogen-bond acceptors (Lipinski definition) is 5. The van der Waals surface area contributed by atoms with E-state index in [1.54, 1.807) is 24.0 Å². The monoisotopic (exact) mass is 250 g/mol. The summed E-state index contributed by atoms with van der Waals surface area (Å²) >= 11 is 0. The van der Waals surface area contributed by atoms with Crippen LogP contribution in [0.5, 0.6) is 0 Å². The second-order valence-electron chi connectivity index (χ2n) is 4.46. The van der Waals surface area contributed by atoms with Gasteiger partial charge in [-0.25, -0.2) is 0 Å². The van der Waals surface area contributed by atoms with E-state index in [2.05, 4.69) is 22.2 Å². The van der Waals surface area contributed by atoms with Crippen molar-refractivity contribution in [3.05, 3.63) is 29.7 Å². The molecule has 2 aromatic rings. The summed E-state index contributed by atoms with van der Waals surface area (Å²) in [4.78, 5) is 4.29. The molecule has 0 aromatic carbocycles. The SMILES string of the molecule is CCC(C)c1noc(CC(O)c2ccnn2C)n1. The summed E-state index contributed by atoms with van der Waals surface area (Å²) in [7, 11) is 1.79. The van der Waals surface area contributed by atoms with Crippen molar-refractivity contribution >= 4 is 0 Å². The molecule has 0 bridgehead atoms. The Balaban J connectivity index is 2.06. The largest absolute Gasteiger partial charge is 0.386 e. The molecule has 0 aliphatic rings. The minimum absolute atomic E-state index is 0.274. The third kappa shape index (κ3) is 2.59. The van der Waals surface area contributed by atoms with Crippen LogP contribution < -0.4 is 0 Å². The van der Waals surface area contributed by atoms with Crippen LogP contribution in [0.2, 0.25) is 0 Å². The third-order valence-corrected chi connectivity index (χ3v) is 3.11. The summed E-state index contributed by atoms with van der Waals surface area (Å²) in [5, 5.41) is 18.0. The maximum absolute atomic E-state index is 10.1. The van der Waals surface area contributed by atoms with Crippen LogP contribution >= 0.6 is 0 Å². The van der Waals surface area contributed by atoms with Crippen molar-refractivity contribution < 1.29 is 9.63 Å². The molecular formula is C12H18N4O2. The van der Waals surface area contributed by atoms with Crippen molar-refractivity contribution in [2.24, 2.45) is 7.05 Å². The lowest BCUT2D eigenvalue weighted by atomic mass is 10.1. The molecule has 18 heavy (non-hydrogen) atoms. The first-order valence-electron chi connectivity index (χ1n) is 6.10. The Bertz CT molecular complexity index is 506. The topological polar surface area (TPSA) is 77.0 Å². The number of hydrogen-bond donors (Lipinski definition) is 1. The molecule has 2 aromatic heterocycles. The van der Waals surface area contributed by atoms with Crippen LogP contribution in [0.25, 0.3) is 0 Å². The second-order valence-corrected chi connectivity index (χ2v) is 4.46. The Morgan fingerprint density at radius 2 is 2.28 bits per heavy atom. The van der Waals surface area contributed by atoms with Gasteiger partial charge in [-0.05, 0) is 12.5 Å². The first-order chi connectivity index (χ1) is 8.61.